The number of hydrogen-bond acceptors (Lipinski definition) is 2. The summed E-state index contributed by atoms with van der Waals surface area (Å²) in [6.45, 7) is 5.35. The summed E-state index contributed by atoms with van der Waals surface area (Å²) in [7, 11) is 1.79. The Hall–Kier alpha value is -0.860. The van der Waals surface area contributed by atoms with Crippen LogP contribution in [0.25, 0.3) is 0 Å². The van der Waals surface area contributed by atoms with Crippen molar-refractivity contribution in [1.82, 2.24) is 5.32 Å². The molecule has 0 spiro atoms. The average molecular weight is 233 g/mol. The molecule has 1 N–H and O–H groups in total. The monoisotopic (exact) mass is 233 g/mol. The maximum Gasteiger partial charge on any atom is 0.0647 e. The third-order valence-corrected chi connectivity index (χ3v) is 4.05. The van der Waals surface area contributed by atoms with Gasteiger partial charge in [-0.05, 0) is 24.3 Å². The fourth-order valence-electron chi connectivity index (χ4n) is 2.82. The minimum Gasteiger partial charge on any atom is -0.383 e. The SMILES string of the molecule is COC[C@]1(C(C)C)CC[C@@H](c2ccccc2)N1. The Bertz CT molecular complexity index is 349. The van der Waals surface area contributed by atoms with E-state index in [-0.39, 0.29) is 5.54 Å². The number of hydrogen-bond donors (Lipinski definition) is 1. The molecule has 1 aliphatic rings. The van der Waals surface area contributed by atoms with Crippen molar-refractivity contribution in [2.45, 2.75) is 38.3 Å². The summed E-state index contributed by atoms with van der Waals surface area (Å²) in [5, 5.41) is 3.80. The normalized spacial score (nSPS) is 28.8. The van der Waals surface area contributed by atoms with Crippen LogP contribution in [0.4, 0.5) is 0 Å². The number of benzene rings is 1. The predicted molar refractivity (Wildman–Crippen MR) is 71.0 cm³/mol. The van der Waals surface area contributed by atoms with Gasteiger partial charge in [0, 0.05) is 18.7 Å². The lowest BCUT2D eigenvalue weighted by Gasteiger charge is -2.34. The third-order valence-electron chi connectivity index (χ3n) is 4.05. The minimum absolute atomic E-state index is 0.148. The van der Waals surface area contributed by atoms with Gasteiger partial charge in [0.15, 0.2) is 0 Å². The Morgan fingerprint density at radius 1 is 1.35 bits per heavy atom. The first-order chi connectivity index (χ1) is 8.18. The van der Waals surface area contributed by atoms with E-state index in [1.165, 1.54) is 18.4 Å². The van der Waals surface area contributed by atoms with Gasteiger partial charge in [-0.1, -0.05) is 44.2 Å². The molecule has 0 bridgehead atoms. The van der Waals surface area contributed by atoms with E-state index in [0.717, 1.165) is 6.61 Å². The van der Waals surface area contributed by atoms with Crippen LogP contribution in [0.1, 0.15) is 38.3 Å². The maximum atomic E-state index is 5.41. The highest BCUT2D eigenvalue weighted by Crippen LogP contribution is 2.37. The lowest BCUT2D eigenvalue weighted by molar-refractivity contribution is 0.0880. The third kappa shape index (κ3) is 2.53. The molecule has 0 aromatic heterocycles. The van der Waals surface area contributed by atoms with Gasteiger partial charge in [-0.3, -0.25) is 0 Å². The van der Waals surface area contributed by atoms with Gasteiger partial charge in [0.25, 0.3) is 0 Å². The Morgan fingerprint density at radius 3 is 2.65 bits per heavy atom. The second-order valence-corrected chi connectivity index (χ2v) is 5.39. The number of nitrogens with one attached hydrogen (secondary N) is 1. The molecule has 17 heavy (non-hydrogen) atoms. The van der Waals surface area contributed by atoms with E-state index in [9.17, 15) is 0 Å². The van der Waals surface area contributed by atoms with Crippen LogP contribution in [0.5, 0.6) is 0 Å². The number of methoxy groups -OCH3 is 1. The van der Waals surface area contributed by atoms with Crippen LogP contribution in [0.15, 0.2) is 30.3 Å². The zero-order valence-electron chi connectivity index (χ0n) is 11.1. The summed E-state index contributed by atoms with van der Waals surface area (Å²) in [6.07, 6.45) is 2.39. The number of ether oxygens (including phenoxy) is 1. The van der Waals surface area contributed by atoms with Crippen LogP contribution in [0, 0.1) is 5.92 Å². The molecule has 1 heterocycles. The minimum atomic E-state index is 0.148. The van der Waals surface area contributed by atoms with Crippen LogP contribution in [0.3, 0.4) is 0 Å². The van der Waals surface area contributed by atoms with E-state index in [4.69, 9.17) is 4.74 Å². The highest BCUT2D eigenvalue weighted by molar-refractivity contribution is 5.21. The molecule has 2 rings (SSSR count). The van der Waals surface area contributed by atoms with Crippen molar-refractivity contribution in [1.29, 1.82) is 0 Å². The molecule has 1 fully saturated rings. The predicted octanol–water partition coefficient (Wildman–Crippen LogP) is 3.15. The van der Waals surface area contributed by atoms with Crippen LogP contribution in [-0.2, 0) is 4.74 Å². The lowest BCUT2D eigenvalue weighted by atomic mass is 9.86. The van der Waals surface area contributed by atoms with Gasteiger partial charge in [0.05, 0.1) is 6.61 Å². The molecule has 1 aliphatic heterocycles. The summed E-state index contributed by atoms with van der Waals surface area (Å²) in [5.41, 5.74) is 1.54. The summed E-state index contributed by atoms with van der Waals surface area (Å²) < 4.78 is 5.41. The van der Waals surface area contributed by atoms with E-state index in [2.05, 4.69) is 49.5 Å². The molecule has 1 aromatic carbocycles. The standard InChI is InChI=1S/C15H23NO/c1-12(2)15(11-17-3)10-9-14(16-15)13-7-5-4-6-8-13/h4-8,12,14,16H,9-11H2,1-3H3/t14-,15-/m0/s1. The van der Waals surface area contributed by atoms with Gasteiger partial charge in [-0.25, -0.2) is 0 Å². The van der Waals surface area contributed by atoms with Gasteiger partial charge < -0.3 is 10.1 Å². The van der Waals surface area contributed by atoms with E-state index >= 15 is 0 Å². The van der Waals surface area contributed by atoms with E-state index < -0.39 is 0 Å². The molecule has 0 saturated carbocycles. The van der Waals surface area contributed by atoms with Crippen LogP contribution >= 0.6 is 0 Å². The second kappa shape index (κ2) is 5.19. The first-order valence-electron chi connectivity index (χ1n) is 6.49. The van der Waals surface area contributed by atoms with E-state index in [0.29, 0.717) is 12.0 Å². The summed E-state index contributed by atoms with van der Waals surface area (Å²) >= 11 is 0. The molecule has 2 nitrogen and oxygen atoms in total. The van der Waals surface area contributed by atoms with Gasteiger partial charge >= 0.3 is 0 Å². The molecule has 94 valence electrons. The Kier molecular flexibility index (Phi) is 3.85. The molecule has 1 saturated heterocycles. The molecule has 1 aromatic rings. The van der Waals surface area contributed by atoms with Crippen LogP contribution in [-0.4, -0.2) is 19.3 Å². The first-order valence-corrected chi connectivity index (χ1v) is 6.49. The average Bonchev–Trinajstić information content (AvgIpc) is 2.76. The zero-order valence-corrected chi connectivity index (χ0v) is 11.1. The Balaban J connectivity index is 2.12. The quantitative estimate of drug-likeness (QED) is 0.862. The van der Waals surface area contributed by atoms with Crippen molar-refractivity contribution in [3.8, 4) is 0 Å². The first kappa shape index (κ1) is 12.6. The van der Waals surface area contributed by atoms with Gasteiger partial charge in [0.1, 0.15) is 0 Å². The Morgan fingerprint density at radius 2 is 2.06 bits per heavy atom. The molecule has 0 radical (unpaired) electrons. The van der Waals surface area contributed by atoms with Crippen molar-refractivity contribution < 1.29 is 4.74 Å². The van der Waals surface area contributed by atoms with Gasteiger partial charge in [-0.15, -0.1) is 0 Å². The fourth-order valence-corrected chi connectivity index (χ4v) is 2.82. The summed E-state index contributed by atoms with van der Waals surface area (Å²) in [4.78, 5) is 0. The van der Waals surface area contributed by atoms with Crippen molar-refractivity contribution in [3.05, 3.63) is 35.9 Å². The molecule has 0 unspecified atom stereocenters. The highest BCUT2D eigenvalue weighted by Gasteiger charge is 2.41. The van der Waals surface area contributed by atoms with Crippen molar-refractivity contribution >= 4 is 0 Å². The van der Waals surface area contributed by atoms with Crippen LogP contribution < -0.4 is 5.32 Å². The largest absolute Gasteiger partial charge is 0.383 e. The van der Waals surface area contributed by atoms with Crippen LogP contribution in [0.2, 0.25) is 0 Å². The van der Waals surface area contributed by atoms with Gasteiger partial charge in [-0.2, -0.15) is 0 Å². The highest BCUT2D eigenvalue weighted by atomic mass is 16.5. The maximum absolute atomic E-state index is 5.41. The van der Waals surface area contributed by atoms with E-state index in [1.54, 1.807) is 7.11 Å². The number of rotatable bonds is 4. The lowest BCUT2D eigenvalue weighted by Crippen LogP contribution is -2.49. The van der Waals surface area contributed by atoms with Crippen molar-refractivity contribution in [2.75, 3.05) is 13.7 Å². The molecule has 2 heteroatoms. The summed E-state index contributed by atoms with van der Waals surface area (Å²) in [5.74, 6) is 0.594. The van der Waals surface area contributed by atoms with Crippen molar-refractivity contribution in [2.24, 2.45) is 5.92 Å². The Labute approximate surface area is 104 Å². The van der Waals surface area contributed by atoms with Crippen molar-refractivity contribution in [3.63, 3.8) is 0 Å². The molecule has 0 aliphatic carbocycles. The van der Waals surface area contributed by atoms with E-state index in [1.807, 2.05) is 0 Å². The summed E-state index contributed by atoms with van der Waals surface area (Å²) in [6, 6.07) is 11.2. The zero-order chi connectivity index (χ0) is 12.3. The molecular weight excluding hydrogens is 210 g/mol. The van der Waals surface area contributed by atoms with Gasteiger partial charge in [0.2, 0.25) is 0 Å². The molecule has 0 amide bonds. The smallest absolute Gasteiger partial charge is 0.0647 e. The topological polar surface area (TPSA) is 21.3 Å². The second-order valence-electron chi connectivity index (χ2n) is 5.39. The molecule has 2 atom stereocenters. The molecular formula is C15H23NO. The fraction of sp³-hybridized carbons (Fsp3) is 0.600.